The van der Waals surface area contributed by atoms with Gasteiger partial charge in [-0.15, -0.1) is 11.3 Å². The van der Waals surface area contributed by atoms with Crippen molar-refractivity contribution in [3.8, 4) is 11.1 Å². The van der Waals surface area contributed by atoms with E-state index in [1.54, 1.807) is 0 Å². The molecule has 2 aromatic heterocycles. The summed E-state index contributed by atoms with van der Waals surface area (Å²) in [6, 6.07) is 29.3. The maximum atomic E-state index is 13.1. The minimum Gasteiger partial charge on any atom is -0.309 e. The van der Waals surface area contributed by atoms with E-state index in [-0.39, 0.29) is 11.6 Å². The van der Waals surface area contributed by atoms with Crippen LogP contribution in [0.3, 0.4) is 0 Å². The first kappa shape index (κ1) is 24.1. The minimum atomic E-state index is -0.0851. The van der Waals surface area contributed by atoms with Gasteiger partial charge in [0.15, 0.2) is 0 Å². The molecule has 5 nitrogen and oxygen atoms in total. The normalized spacial score (nSPS) is 15.0. The third kappa shape index (κ3) is 5.11. The average molecular weight is 527 g/mol. The highest BCUT2D eigenvalue weighted by Crippen LogP contribution is 2.32. The van der Waals surface area contributed by atoms with Crippen LogP contribution in [0.15, 0.2) is 95.1 Å². The Bertz CT molecular complexity index is 1500. The minimum absolute atomic E-state index is 0.0851. The van der Waals surface area contributed by atoms with Crippen LogP contribution < -0.4 is 5.56 Å². The number of fused-ring (bicyclic) bond motifs is 1. The number of benzene rings is 3. The zero-order valence-corrected chi connectivity index (χ0v) is 21.9. The molecule has 1 aliphatic rings. The molecular formula is C30H27ClN4OS. The van der Waals surface area contributed by atoms with Gasteiger partial charge in [0, 0.05) is 42.1 Å². The van der Waals surface area contributed by atoms with Crippen molar-refractivity contribution in [3.63, 3.8) is 0 Å². The largest absolute Gasteiger partial charge is 0.309 e. The summed E-state index contributed by atoms with van der Waals surface area (Å²) in [4.78, 5) is 26.7. The first-order valence-corrected chi connectivity index (χ1v) is 13.7. The summed E-state index contributed by atoms with van der Waals surface area (Å²) in [6.45, 7) is 4.35. The number of piperazine rings is 1. The number of nitrogens with zero attached hydrogens (tertiary/aromatic N) is 3. The van der Waals surface area contributed by atoms with Crippen LogP contribution in [0.4, 0.5) is 0 Å². The molecule has 1 saturated heterocycles. The lowest BCUT2D eigenvalue weighted by atomic mass is 9.96. The van der Waals surface area contributed by atoms with Crippen LogP contribution in [0.1, 0.15) is 23.0 Å². The van der Waals surface area contributed by atoms with E-state index in [0.29, 0.717) is 17.0 Å². The average Bonchev–Trinajstić information content (AvgIpc) is 3.36. The van der Waals surface area contributed by atoms with Crippen molar-refractivity contribution in [2.75, 3.05) is 26.2 Å². The summed E-state index contributed by atoms with van der Waals surface area (Å²) in [6.07, 6.45) is 0. The Labute approximate surface area is 225 Å². The summed E-state index contributed by atoms with van der Waals surface area (Å²) in [5.41, 5.74) is 4.41. The van der Waals surface area contributed by atoms with Crippen molar-refractivity contribution in [2.45, 2.75) is 12.6 Å². The van der Waals surface area contributed by atoms with Crippen LogP contribution in [0, 0.1) is 0 Å². The molecule has 0 saturated carbocycles. The molecule has 37 heavy (non-hydrogen) atoms. The lowest BCUT2D eigenvalue weighted by Crippen LogP contribution is -2.47. The number of aromatic nitrogens is 2. The van der Waals surface area contributed by atoms with Gasteiger partial charge in [0.25, 0.3) is 5.56 Å². The third-order valence-corrected chi connectivity index (χ3v) is 8.15. The number of nitrogens with one attached hydrogen (secondary N) is 1. The first-order valence-electron chi connectivity index (χ1n) is 12.5. The second-order valence-corrected chi connectivity index (χ2v) is 10.7. The van der Waals surface area contributed by atoms with Gasteiger partial charge in [-0.05, 0) is 28.8 Å². The Balaban J connectivity index is 1.18. The van der Waals surface area contributed by atoms with Crippen molar-refractivity contribution in [2.24, 2.45) is 0 Å². The number of hydrogen-bond acceptors (Lipinski definition) is 5. The highest BCUT2D eigenvalue weighted by atomic mass is 35.5. The Morgan fingerprint density at radius 2 is 1.49 bits per heavy atom. The van der Waals surface area contributed by atoms with Crippen molar-refractivity contribution < 1.29 is 0 Å². The third-order valence-electron chi connectivity index (χ3n) is 7.02. The van der Waals surface area contributed by atoms with E-state index in [1.807, 2.05) is 29.6 Å². The predicted molar refractivity (Wildman–Crippen MR) is 152 cm³/mol. The van der Waals surface area contributed by atoms with Crippen LogP contribution in [0.25, 0.3) is 21.3 Å². The molecule has 0 aliphatic carbocycles. The Hall–Kier alpha value is -3.29. The summed E-state index contributed by atoms with van der Waals surface area (Å²) in [5.74, 6) is 0.720. The molecule has 7 heteroatoms. The molecule has 6 rings (SSSR count). The van der Waals surface area contributed by atoms with Gasteiger partial charge in [0.2, 0.25) is 0 Å². The fourth-order valence-electron chi connectivity index (χ4n) is 5.19. The Kier molecular flexibility index (Phi) is 6.89. The number of halogens is 1. The molecule has 1 aliphatic heterocycles. The van der Waals surface area contributed by atoms with Crippen molar-refractivity contribution >= 4 is 33.2 Å². The van der Waals surface area contributed by atoms with E-state index in [0.717, 1.165) is 48.0 Å². The van der Waals surface area contributed by atoms with E-state index < -0.39 is 0 Å². The van der Waals surface area contributed by atoms with E-state index in [1.165, 1.54) is 22.5 Å². The van der Waals surface area contributed by atoms with Gasteiger partial charge < -0.3 is 4.98 Å². The molecular weight excluding hydrogens is 500 g/mol. The molecule has 0 radical (unpaired) electrons. The van der Waals surface area contributed by atoms with Gasteiger partial charge >= 0.3 is 0 Å². The second kappa shape index (κ2) is 10.6. The van der Waals surface area contributed by atoms with E-state index in [9.17, 15) is 4.79 Å². The zero-order chi connectivity index (χ0) is 25.2. The molecule has 0 atom stereocenters. The van der Waals surface area contributed by atoms with E-state index in [2.05, 4.69) is 75.4 Å². The SMILES string of the molecule is O=c1[nH]c(CN2CCN(C(c3ccccc3)c3ccccc3)CC2)nc2scc(-c3ccc(Cl)cc3)c12. The van der Waals surface area contributed by atoms with Gasteiger partial charge in [-0.1, -0.05) is 84.4 Å². The smallest absolute Gasteiger partial charge is 0.260 e. The maximum Gasteiger partial charge on any atom is 0.260 e. The fraction of sp³-hybridized carbons (Fsp3) is 0.200. The summed E-state index contributed by atoms with van der Waals surface area (Å²) < 4.78 is 0. The quantitative estimate of drug-likeness (QED) is 0.286. The molecule has 0 unspecified atom stereocenters. The van der Waals surface area contributed by atoms with Crippen LogP contribution in [0.2, 0.25) is 5.02 Å². The van der Waals surface area contributed by atoms with Gasteiger partial charge in [-0.3, -0.25) is 14.6 Å². The molecule has 1 N–H and O–H groups in total. The van der Waals surface area contributed by atoms with Gasteiger partial charge in [-0.2, -0.15) is 0 Å². The number of rotatable bonds is 6. The molecule has 186 valence electrons. The van der Waals surface area contributed by atoms with Crippen LogP contribution in [-0.2, 0) is 6.54 Å². The first-order chi connectivity index (χ1) is 18.2. The van der Waals surface area contributed by atoms with Crippen LogP contribution >= 0.6 is 22.9 Å². The lowest BCUT2D eigenvalue weighted by molar-refractivity contribution is 0.103. The Morgan fingerprint density at radius 1 is 0.865 bits per heavy atom. The van der Waals surface area contributed by atoms with E-state index >= 15 is 0 Å². The molecule has 0 bridgehead atoms. The molecule has 0 amide bonds. The molecule has 3 heterocycles. The number of hydrogen-bond donors (Lipinski definition) is 1. The predicted octanol–water partition coefficient (Wildman–Crippen LogP) is 6.21. The molecule has 0 spiro atoms. The summed E-state index contributed by atoms with van der Waals surface area (Å²) in [5, 5.41) is 3.33. The lowest BCUT2D eigenvalue weighted by Gasteiger charge is -2.39. The molecule has 3 aromatic carbocycles. The van der Waals surface area contributed by atoms with Gasteiger partial charge in [-0.25, -0.2) is 4.98 Å². The topological polar surface area (TPSA) is 52.2 Å². The van der Waals surface area contributed by atoms with Crippen LogP contribution in [-0.4, -0.2) is 45.9 Å². The van der Waals surface area contributed by atoms with Crippen molar-refractivity contribution in [1.82, 2.24) is 19.8 Å². The highest BCUT2D eigenvalue weighted by Gasteiger charge is 2.26. The summed E-state index contributed by atoms with van der Waals surface area (Å²) in [7, 11) is 0. The monoisotopic (exact) mass is 526 g/mol. The fourth-order valence-corrected chi connectivity index (χ4v) is 6.28. The number of H-pyrrole nitrogens is 1. The van der Waals surface area contributed by atoms with Gasteiger partial charge in [0.1, 0.15) is 10.7 Å². The van der Waals surface area contributed by atoms with Gasteiger partial charge in [0.05, 0.1) is 18.0 Å². The zero-order valence-electron chi connectivity index (χ0n) is 20.3. The molecule has 5 aromatic rings. The standard InChI is InChI=1S/C30H27ClN4OS/c31-24-13-11-21(12-14-24)25-20-37-30-27(25)29(36)32-26(33-30)19-34-15-17-35(18-16-34)28(22-7-3-1-4-8-22)23-9-5-2-6-10-23/h1-14,20,28H,15-19H2,(H,32,33,36). The highest BCUT2D eigenvalue weighted by molar-refractivity contribution is 7.17. The van der Waals surface area contributed by atoms with Crippen molar-refractivity contribution in [3.05, 3.63) is 123 Å². The maximum absolute atomic E-state index is 13.1. The van der Waals surface area contributed by atoms with Crippen molar-refractivity contribution in [1.29, 1.82) is 0 Å². The van der Waals surface area contributed by atoms with Crippen LogP contribution in [0.5, 0.6) is 0 Å². The molecule has 1 fully saturated rings. The number of aromatic amines is 1. The summed E-state index contributed by atoms with van der Waals surface area (Å²) >= 11 is 7.55. The Morgan fingerprint density at radius 3 is 2.11 bits per heavy atom. The second-order valence-electron chi connectivity index (χ2n) is 9.39. The number of thiophene rings is 1. The van der Waals surface area contributed by atoms with E-state index in [4.69, 9.17) is 16.6 Å².